The molecule has 0 saturated heterocycles. The first-order chi connectivity index (χ1) is 15.7. The zero-order chi connectivity index (χ0) is 21.9. The minimum absolute atomic E-state index is 0.0439. The average Bonchev–Trinajstić information content (AvgIpc) is 2.85. The molecular formula is C26H22N4O2. The lowest BCUT2D eigenvalue weighted by Gasteiger charge is -2.33. The summed E-state index contributed by atoms with van der Waals surface area (Å²) in [7, 11) is 1.62. The molecule has 0 saturated carbocycles. The van der Waals surface area contributed by atoms with Crippen LogP contribution in [0.2, 0.25) is 0 Å². The largest absolute Gasteiger partial charge is 0.496 e. The number of nitrogens with zero attached hydrogens (tertiary/aromatic N) is 3. The normalized spacial score (nSPS) is 15.2. The third-order valence-electron chi connectivity index (χ3n) is 5.55. The van der Waals surface area contributed by atoms with Gasteiger partial charge in [0.25, 0.3) is 0 Å². The molecule has 0 bridgehead atoms. The third-order valence-corrected chi connectivity index (χ3v) is 5.55. The number of carbonyl (C=O) groups is 1. The molecule has 1 aliphatic rings. The smallest absolute Gasteiger partial charge is 0.240 e. The van der Waals surface area contributed by atoms with Crippen molar-refractivity contribution >= 4 is 29.0 Å². The molecule has 1 unspecified atom stereocenters. The third kappa shape index (κ3) is 3.67. The number of para-hydroxylation sites is 3. The Bertz CT molecular complexity index is 1250. The predicted octanol–water partition coefficient (Wildman–Crippen LogP) is 5.23. The van der Waals surface area contributed by atoms with Gasteiger partial charge in [0, 0.05) is 23.0 Å². The van der Waals surface area contributed by atoms with E-state index in [1.165, 1.54) is 0 Å². The number of benzene rings is 3. The van der Waals surface area contributed by atoms with Gasteiger partial charge in [-0.1, -0.05) is 54.6 Å². The van der Waals surface area contributed by atoms with Crippen LogP contribution in [-0.4, -0.2) is 23.0 Å². The topological polar surface area (TPSA) is 67.3 Å². The van der Waals surface area contributed by atoms with Crippen molar-refractivity contribution in [2.24, 2.45) is 0 Å². The maximum atomic E-state index is 13.8. The van der Waals surface area contributed by atoms with Gasteiger partial charge in [0.15, 0.2) is 0 Å². The number of hydrogen-bond acceptors (Lipinski definition) is 5. The van der Waals surface area contributed by atoms with E-state index in [2.05, 4.69) is 10.3 Å². The second kappa shape index (κ2) is 8.51. The number of anilines is 4. The Balaban J connectivity index is 1.60. The Labute approximate surface area is 186 Å². The first-order valence-corrected chi connectivity index (χ1v) is 10.4. The molecule has 0 radical (unpaired) electrons. The van der Waals surface area contributed by atoms with Crippen molar-refractivity contribution in [3.05, 3.63) is 102 Å². The highest BCUT2D eigenvalue weighted by Crippen LogP contribution is 2.41. The molecule has 1 N–H and O–H groups in total. The van der Waals surface area contributed by atoms with Gasteiger partial charge in [-0.25, -0.2) is 4.98 Å². The van der Waals surface area contributed by atoms with E-state index < -0.39 is 5.92 Å². The molecule has 1 aliphatic heterocycles. The fraction of sp³-hybridized carbons (Fsp3) is 0.115. The molecule has 3 aromatic carbocycles. The second-order valence-corrected chi connectivity index (χ2v) is 7.54. The Morgan fingerprint density at radius 1 is 0.938 bits per heavy atom. The van der Waals surface area contributed by atoms with Crippen LogP contribution in [0.1, 0.15) is 17.0 Å². The second-order valence-electron chi connectivity index (χ2n) is 7.54. The van der Waals surface area contributed by atoms with Crippen molar-refractivity contribution in [1.82, 2.24) is 9.97 Å². The van der Waals surface area contributed by atoms with Crippen LogP contribution in [0.15, 0.2) is 91.1 Å². The van der Waals surface area contributed by atoms with E-state index >= 15 is 0 Å². The van der Waals surface area contributed by atoms with Gasteiger partial charge in [-0.2, -0.15) is 4.98 Å². The molecule has 6 nitrogen and oxygen atoms in total. The Hall–Kier alpha value is -4.19. The molecule has 158 valence electrons. The number of aromatic nitrogens is 2. The van der Waals surface area contributed by atoms with Crippen molar-refractivity contribution < 1.29 is 9.53 Å². The maximum absolute atomic E-state index is 13.8. The molecule has 1 atom stereocenters. The number of rotatable bonds is 5. The molecule has 5 rings (SSSR count). The van der Waals surface area contributed by atoms with E-state index in [9.17, 15) is 4.79 Å². The monoisotopic (exact) mass is 422 g/mol. The maximum Gasteiger partial charge on any atom is 0.240 e. The highest BCUT2D eigenvalue weighted by molar-refractivity contribution is 6.06. The van der Waals surface area contributed by atoms with Crippen LogP contribution in [0.3, 0.4) is 0 Å². The van der Waals surface area contributed by atoms with Crippen LogP contribution >= 0.6 is 0 Å². The molecule has 6 heteroatoms. The van der Waals surface area contributed by atoms with Crippen molar-refractivity contribution in [2.75, 3.05) is 17.3 Å². The lowest BCUT2D eigenvalue weighted by molar-refractivity contribution is -0.119. The van der Waals surface area contributed by atoms with Gasteiger partial charge in [-0.05, 0) is 36.8 Å². The van der Waals surface area contributed by atoms with Crippen LogP contribution < -0.4 is 15.0 Å². The zero-order valence-corrected chi connectivity index (χ0v) is 17.6. The summed E-state index contributed by atoms with van der Waals surface area (Å²) in [5.74, 6) is 1.30. The summed E-state index contributed by atoms with van der Waals surface area (Å²) in [4.78, 5) is 24.8. The Morgan fingerprint density at radius 2 is 1.62 bits per heavy atom. The average molecular weight is 422 g/mol. The van der Waals surface area contributed by atoms with Crippen LogP contribution in [0.25, 0.3) is 0 Å². The number of amides is 1. The van der Waals surface area contributed by atoms with Crippen LogP contribution in [0.4, 0.5) is 23.1 Å². The summed E-state index contributed by atoms with van der Waals surface area (Å²) in [5.41, 5.74) is 3.41. The van der Waals surface area contributed by atoms with Crippen LogP contribution in [-0.2, 0) is 11.2 Å². The minimum Gasteiger partial charge on any atom is -0.496 e. The van der Waals surface area contributed by atoms with Crippen LogP contribution in [0.5, 0.6) is 5.75 Å². The summed E-state index contributed by atoms with van der Waals surface area (Å²) in [6.07, 6.45) is 2.31. The van der Waals surface area contributed by atoms with Gasteiger partial charge in [-0.15, -0.1) is 0 Å². The number of ether oxygens (including phenoxy) is 1. The van der Waals surface area contributed by atoms with Gasteiger partial charge < -0.3 is 10.1 Å². The van der Waals surface area contributed by atoms with E-state index in [0.717, 1.165) is 22.5 Å². The van der Waals surface area contributed by atoms with E-state index in [1.807, 2.05) is 84.9 Å². The van der Waals surface area contributed by atoms with Gasteiger partial charge in [0.2, 0.25) is 11.9 Å². The summed E-state index contributed by atoms with van der Waals surface area (Å²) in [5, 5.41) is 3.22. The van der Waals surface area contributed by atoms with E-state index in [-0.39, 0.29) is 5.91 Å². The molecular weight excluding hydrogens is 400 g/mol. The van der Waals surface area contributed by atoms with Gasteiger partial charge in [0.1, 0.15) is 11.6 Å². The van der Waals surface area contributed by atoms with E-state index in [4.69, 9.17) is 9.72 Å². The summed E-state index contributed by atoms with van der Waals surface area (Å²) in [6, 6.07) is 27.0. The van der Waals surface area contributed by atoms with E-state index in [1.54, 1.807) is 18.2 Å². The molecule has 0 fully saturated rings. The summed E-state index contributed by atoms with van der Waals surface area (Å²) in [6.45, 7) is 0. The molecule has 1 amide bonds. The highest BCUT2D eigenvalue weighted by atomic mass is 16.5. The summed E-state index contributed by atoms with van der Waals surface area (Å²) < 4.78 is 5.55. The lowest BCUT2D eigenvalue weighted by Crippen LogP contribution is -2.38. The Kier molecular flexibility index (Phi) is 5.25. The van der Waals surface area contributed by atoms with Crippen LogP contribution in [0, 0.1) is 0 Å². The first-order valence-electron chi connectivity index (χ1n) is 10.4. The predicted molar refractivity (Wildman–Crippen MR) is 125 cm³/mol. The molecule has 4 aromatic rings. The van der Waals surface area contributed by atoms with Gasteiger partial charge in [-0.3, -0.25) is 9.69 Å². The molecule has 0 spiro atoms. The molecule has 1 aromatic heterocycles. The number of hydrogen-bond donors (Lipinski definition) is 1. The standard InChI is InChI=1S/C26H22N4O2/c1-32-23-15-9-8-14-21(23)22-16-18-17-27-26(28-19-10-4-2-5-11-19)29-24(18)30(25(22)31)20-12-6-3-7-13-20/h2-15,17,22H,16H2,1H3,(H,27,28,29). The van der Waals surface area contributed by atoms with Crippen molar-refractivity contribution in [2.45, 2.75) is 12.3 Å². The SMILES string of the molecule is COc1ccccc1C1Cc2cnc(Nc3ccccc3)nc2N(c2ccccc2)C1=O. The molecule has 32 heavy (non-hydrogen) atoms. The Morgan fingerprint density at radius 3 is 2.38 bits per heavy atom. The molecule has 0 aliphatic carbocycles. The van der Waals surface area contributed by atoms with Crippen molar-refractivity contribution in [3.8, 4) is 5.75 Å². The fourth-order valence-corrected chi connectivity index (χ4v) is 4.04. The number of fused-ring (bicyclic) bond motifs is 1. The van der Waals surface area contributed by atoms with Crippen molar-refractivity contribution in [1.29, 1.82) is 0 Å². The summed E-state index contributed by atoms with van der Waals surface area (Å²) >= 11 is 0. The highest BCUT2D eigenvalue weighted by Gasteiger charge is 2.37. The molecule has 2 heterocycles. The van der Waals surface area contributed by atoms with Gasteiger partial charge >= 0.3 is 0 Å². The first kappa shape index (κ1) is 19.8. The van der Waals surface area contributed by atoms with Crippen molar-refractivity contribution in [3.63, 3.8) is 0 Å². The zero-order valence-electron chi connectivity index (χ0n) is 17.6. The number of methoxy groups -OCH3 is 1. The lowest BCUT2D eigenvalue weighted by atomic mass is 9.87. The quantitative estimate of drug-likeness (QED) is 0.477. The fourth-order valence-electron chi connectivity index (χ4n) is 4.04. The number of carbonyl (C=O) groups excluding carboxylic acids is 1. The van der Waals surface area contributed by atoms with Gasteiger partial charge in [0.05, 0.1) is 18.7 Å². The van der Waals surface area contributed by atoms with E-state index in [0.29, 0.717) is 23.9 Å². The number of nitrogens with one attached hydrogen (secondary N) is 1. The minimum atomic E-state index is -0.393.